The molecule has 3 heteroatoms. The lowest BCUT2D eigenvalue weighted by atomic mass is 10.1. The van der Waals surface area contributed by atoms with Crippen LogP contribution in [0.1, 0.15) is 25.3 Å². The lowest BCUT2D eigenvalue weighted by Crippen LogP contribution is -2.19. The van der Waals surface area contributed by atoms with Crippen molar-refractivity contribution in [2.24, 2.45) is 0 Å². The minimum atomic E-state index is 0.0963. The molecule has 0 aliphatic carbocycles. The molecule has 0 spiro atoms. The van der Waals surface area contributed by atoms with Crippen LogP contribution in [0.2, 0.25) is 0 Å². The minimum Gasteiger partial charge on any atom is -0.392 e. The molecule has 84 valence electrons. The normalized spacial score (nSPS) is 10.4. The van der Waals surface area contributed by atoms with Gasteiger partial charge in [0.1, 0.15) is 0 Å². The van der Waals surface area contributed by atoms with E-state index >= 15 is 0 Å². The Morgan fingerprint density at radius 3 is 2.73 bits per heavy atom. The maximum Gasteiger partial charge on any atom is 0.0702 e. The number of anilines is 1. The van der Waals surface area contributed by atoms with Crippen molar-refractivity contribution in [3.05, 3.63) is 28.2 Å². The zero-order chi connectivity index (χ0) is 11.3. The molecular formula is C12H18BrNO. The number of aliphatic hydroxyl groups excluding tert-OH is 1. The topological polar surface area (TPSA) is 23.5 Å². The third kappa shape index (κ3) is 3.50. The van der Waals surface area contributed by atoms with Crippen LogP contribution in [-0.4, -0.2) is 18.7 Å². The highest BCUT2D eigenvalue weighted by Gasteiger charge is 2.06. The quantitative estimate of drug-likeness (QED) is 0.889. The van der Waals surface area contributed by atoms with Crippen molar-refractivity contribution in [3.8, 4) is 0 Å². The molecule has 0 aliphatic heterocycles. The summed E-state index contributed by atoms with van der Waals surface area (Å²) >= 11 is 3.45. The van der Waals surface area contributed by atoms with Crippen molar-refractivity contribution in [1.29, 1.82) is 0 Å². The van der Waals surface area contributed by atoms with Crippen molar-refractivity contribution in [2.45, 2.75) is 26.4 Å². The Kier molecular flexibility index (Phi) is 5.12. The Hall–Kier alpha value is -0.540. The van der Waals surface area contributed by atoms with Crippen LogP contribution < -0.4 is 4.90 Å². The van der Waals surface area contributed by atoms with Gasteiger partial charge in [0.15, 0.2) is 0 Å². The molecule has 0 fully saturated rings. The summed E-state index contributed by atoms with van der Waals surface area (Å²) in [6.45, 7) is 3.31. The molecule has 1 aromatic carbocycles. The van der Waals surface area contributed by atoms with Crippen LogP contribution >= 0.6 is 15.9 Å². The van der Waals surface area contributed by atoms with Crippen LogP contribution in [-0.2, 0) is 6.61 Å². The summed E-state index contributed by atoms with van der Waals surface area (Å²) in [7, 11) is 2.07. The molecule has 1 aromatic rings. The van der Waals surface area contributed by atoms with Gasteiger partial charge in [0, 0.05) is 29.3 Å². The molecule has 1 N–H and O–H groups in total. The summed E-state index contributed by atoms with van der Waals surface area (Å²) in [6, 6.07) is 5.98. The van der Waals surface area contributed by atoms with Crippen molar-refractivity contribution in [1.82, 2.24) is 0 Å². The van der Waals surface area contributed by atoms with Gasteiger partial charge in [-0.1, -0.05) is 35.3 Å². The predicted octanol–water partition coefficient (Wildman–Crippen LogP) is 3.18. The Morgan fingerprint density at radius 1 is 1.40 bits per heavy atom. The molecule has 0 unspecified atom stereocenters. The highest BCUT2D eigenvalue weighted by Crippen LogP contribution is 2.24. The Labute approximate surface area is 100 Å². The zero-order valence-electron chi connectivity index (χ0n) is 9.33. The minimum absolute atomic E-state index is 0.0963. The first-order chi connectivity index (χ1) is 7.19. The molecule has 0 atom stereocenters. The fraction of sp³-hybridized carbons (Fsp3) is 0.500. The molecule has 2 nitrogen and oxygen atoms in total. The summed E-state index contributed by atoms with van der Waals surface area (Å²) in [5.74, 6) is 0. The van der Waals surface area contributed by atoms with Crippen molar-refractivity contribution >= 4 is 21.6 Å². The average Bonchev–Trinajstić information content (AvgIpc) is 2.25. The standard InChI is InChI=1S/C12H18BrNO/c1-3-4-7-14(2)12-8-11(13)6-5-10(12)9-15/h5-6,8,15H,3-4,7,9H2,1-2H3. The highest BCUT2D eigenvalue weighted by molar-refractivity contribution is 9.10. The number of hydrogen-bond donors (Lipinski definition) is 1. The molecule has 0 aliphatic rings. The van der Waals surface area contributed by atoms with Crippen LogP contribution in [0.25, 0.3) is 0 Å². The van der Waals surface area contributed by atoms with Gasteiger partial charge in [-0.2, -0.15) is 0 Å². The maximum atomic E-state index is 9.24. The smallest absolute Gasteiger partial charge is 0.0702 e. The molecule has 0 bridgehead atoms. The van der Waals surface area contributed by atoms with Gasteiger partial charge < -0.3 is 10.0 Å². The molecule has 0 amide bonds. The fourth-order valence-electron chi connectivity index (χ4n) is 1.54. The lowest BCUT2D eigenvalue weighted by molar-refractivity contribution is 0.282. The van der Waals surface area contributed by atoms with E-state index in [4.69, 9.17) is 0 Å². The Bertz CT molecular complexity index is 314. The van der Waals surface area contributed by atoms with E-state index in [0.717, 1.165) is 22.3 Å². The van der Waals surface area contributed by atoms with Gasteiger partial charge in [-0.05, 0) is 18.6 Å². The second kappa shape index (κ2) is 6.13. The van der Waals surface area contributed by atoms with Gasteiger partial charge >= 0.3 is 0 Å². The van der Waals surface area contributed by atoms with E-state index in [0.29, 0.717) is 0 Å². The number of halogens is 1. The van der Waals surface area contributed by atoms with Crippen LogP contribution in [0.5, 0.6) is 0 Å². The Morgan fingerprint density at radius 2 is 2.13 bits per heavy atom. The van der Waals surface area contributed by atoms with E-state index < -0.39 is 0 Å². The maximum absolute atomic E-state index is 9.24. The number of nitrogens with zero attached hydrogens (tertiary/aromatic N) is 1. The number of hydrogen-bond acceptors (Lipinski definition) is 2. The first-order valence-corrected chi connectivity index (χ1v) is 6.08. The number of rotatable bonds is 5. The SMILES string of the molecule is CCCCN(C)c1cc(Br)ccc1CO. The monoisotopic (exact) mass is 271 g/mol. The molecule has 1 rings (SSSR count). The van der Waals surface area contributed by atoms with Gasteiger partial charge in [0.2, 0.25) is 0 Å². The number of unbranched alkanes of at least 4 members (excludes halogenated alkanes) is 1. The second-order valence-electron chi connectivity index (χ2n) is 3.71. The highest BCUT2D eigenvalue weighted by atomic mass is 79.9. The van der Waals surface area contributed by atoms with Gasteiger partial charge in [-0.25, -0.2) is 0 Å². The van der Waals surface area contributed by atoms with Gasteiger partial charge in [-0.3, -0.25) is 0 Å². The van der Waals surface area contributed by atoms with E-state index in [1.54, 1.807) is 0 Å². The van der Waals surface area contributed by atoms with Crippen molar-refractivity contribution in [2.75, 3.05) is 18.5 Å². The lowest BCUT2D eigenvalue weighted by Gasteiger charge is -2.22. The molecule has 0 saturated heterocycles. The van der Waals surface area contributed by atoms with Gasteiger partial charge in [0.25, 0.3) is 0 Å². The average molecular weight is 272 g/mol. The number of aliphatic hydroxyl groups is 1. The largest absolute Gasteiger partial charge is 0.392 e. The molecule has 0 saturated carbocycles. The molecule has 15 heavy (non-hydrogen) atoms. The summed E-state index contributed by atoms with van der Waals surface area (Å²) < 4.78 is 1.05. The summed E-state index contributed by atoms with van der Waals surface area (Å²) in [5.41, 5.74) is 2.09. The molecule has 0 aromatic heterocycles. The third-order valence-electron chi connectivity index (χ3n) is 2.48. The molecular weight excluding hydrogens is 254 g/mol. The van der Waals surface area contributed by atoms with E-state index in [9.17, 15) is 5.11 Å². The van der Waals surface area contributed by atoms with Crippen LogP contribution in [0.4, 0.5) is 5.69 Å². The first-order valence-electron chi connectivity index (χ1n) is 5.29. The van der Waals surface area contributed by atoms with E-state index in [1.807, 2.05) is 12.1 Å². The van der Waals surface area contributed by atoms with Gasteiger partial charge in [-0.15, -0.1) is 0 Å². The fourth-order valence-corrected chi connectivity index (χ4v) is 1.89. The first kappa shape index (κ1) is 12.5. The zero-order valence-corrected chi connectivity index (χ0v) is 10.9. The third-order valence-corrected chi connectivity index (χ3v) is 2.97. The van der Waals surface area contributed by atoms with Gasteiger partial charge in [0.05, 0.1) is 6.61 Å². The van der Waals surface area contributed by atoms with Crippen LogP contribution in [0.3, 0.4) is 0 Å². The summed E-state index contributed by atoms with van der Waals surface area (Å²) in [6.07, 6.45) is 2.36. The summed E-state index contributed by atoms with van der Waals surface area (Å²) in [5, 5.41) is 9.24. The second-order valence-corrected chi connectivity index (χ2v) is 4.62. The van der Waals surface area contributed by atoms with E-state index in [-0.39, 0.29) is 6.61 Å². The van der Waals surface area contributed by atoms with Crippen molar-refractivity contribution in [3.63, 3.8) is 0 Å². The van der Waals surface area contributed by atoms with Crippen LogP contribution in [0.15, 0.2) is 22.7 Å². The summed E-state index contributed by atoms with van der Waals surface area (Å²) in [4.78, 5) is 2.19. The number of benzene rings is 1. The van der Waals surface area contributed by atoms with E-state index in [1.165, 1.54) is 12.8 Å². The van der Waals surface area contributed by atoms with Crippen LogP contribution in [0, 0.1) is 0 Å². The molecule has 0 heterocycles. The van der Waals surface area contributed by atoms with E-state index in [2.05, 4.69) is 40.9 Å². The molecule has 0 radical (unpaired) electrons. The Balaban J connectivity index is 2.85. The predicted molar refractivity (Wildman–Crippen MR) is 68.2 cm³/mol. The van der Waals surface area contributed by atoms with Crippen molar-refractivity contribution < 1.29 is 5.11 Å².